The molecule has 128 valence electrons. The lowest BCUT2D eigenvalue weighted by Gasteiger charge is -2.09. The van der Waals surface area contributed by atoms with E-state index in [2.05, 4.69) is 25.8 Å². The van der Waals surface area contributed by atoms with E-state index in [9.17, 15) is 0 Å². The molecule has 0 aliphatic heterocycles. The number of nitrogens with one attached hydrogen (secondary N) is 2. The lowest BCUT2D eigenvalue weighted by atomic mass is 10.2. The Morgan fingerprint density at radius 1 is 1.04 bits per heavy atom. The van der Waals surface area contributed by atoms with Crippen LogP contribution in [0, 0.1) is 0 Å². The first-order chi connectivity index (χ1) is 12.1. The van der Waals surface area contributed by atoms with Crippen LogP contribution in [0.15, 0.2) is 48.7 Å². The quantitative estimate of drug-likeness (QED) is 0.658. The number of halogens is 2. The second-order valence-corrected chi connectivity index (χ2v) is 5.94. The van der Waals surface area contributed by atoms with Crippen molar-refractivity contribution in [3.63, 3.8) is 0 Å². The average molecular weight is 376 g/mol. The van der Waals surface area contributed by atoms with Crippen molar-refractivity contribution in [3.05, 3.63) is 64.3 Å². The van der Waals surface area contributed by atoms with E-state index < -0.39 is 0 Å². The minimum Gasteiger partial charge on any atom is -0.497 e. The Balaban J connectivity index is 1.65. The molecule has 25 heavy (non-hydrogen) atoms. The number of hydrogen-bond donors (Lipinski definition) is 2. The van der Waals surface area contributed by atoms with E-state index in [1.165, 1.54) is 6.20 Å². The van der Waals surface area contributed by atoms with E-state index in [0.717, 1.165) is 17.0 Å². The largest absolute Gasteiger partial charge is 0.497 e. The van der Waals surface area contributed by atoms with Crippen molar-refractivity contribution in [2.75, 3.05) is 17.7 Å². The Kier molecular flexibility index (Phi) is 5.53. The Hall–Kier alpha value is -2.57. The van der Waals surface area contributed by atoms with Crippen molar-refractivity contribution in [3.8, 4) is 5.75 Å². The molecular weight excluding hydrogens is 361 g/mol. The summed E-state index contributed by atoms with van der Waals surface area (Å²) in [4.78, 5) is 4.37. The molecule has 0 radical (unpaired) electrons. The second-order valence-electron chi connectivity index (χ2n) is 5.12. The van der Waals surface area contributed by atoms with Gasteiger partial charge in [0.2, 0.25) is 5.95 Å². The Labute approximate surface area is 155 Å². The first-order valence-electron chi connectivity index (χ1n) is 7.42. The summed E-state index contributed by atoms with van der Waals surface area (Å²) in [5.41, 5.74) is 1.84. The predicted molar refractivity (Wildman–Crippen MR) is 99.9 cm³/mol. The van der Waals surface area contributed by atoms with Crippen molar-refractivity contribution >= 4 is 40.7 Å². The summed E-state index contributed by atoms with van der Waals surface area (Å²) < 4.78 is 5.14. The van der Waals surface area contributed by atoms with E-state index >= 15 is 0 Å². The summed E-state index contributed by atoms with van der Waals surface area (Å²) >= 11 is 11.9. The number of aromatic nitrogens is 3. The summed E-state index contributed by atoms with van der Waals surface area (Å²) in [6.45, 7) is 0.571. The number of anilines is 3. The number of benzene rings is 2. The molecular formula is C17H15Cl2N5O. The van der Waals surface area contributed by atoms with E-state index in [1.54, 1.807) is 25.3 Å². The predicted octanol–water partition coefficient (Wildman–Crippen LogP) is 4.54. The van der Waals surface area contributed by atoms with Gasteiger partial charge in [0.05, 0.1) is 23.4 Å². The zero-order valence-corrected chi connectivity index (χ0v) is 14.8. The van der Waals surface area contributed by atoms with Crippen molar-refractivity contribution in [1.29, 1.82) is 0 Å². The molecule has 0 bridgehead atoms. The van der Waals surface area contributed by atoms with Gasteiger partial charge in [0.25, 0.3) is 0 Å². The van der Waals surface area contributed by atoms with Gasteiger partial charge in [-0.05, 0) is 35.9 Å². The van der Waals surface area contributed by atoms with Crippen LogP contribution in [-0.4, -0.2) is 22.3 Å². The third kappa shape index (κ3) is 4.71. The third-order valence-electron chi connectivity index (χ3n) is 3.36. The van der Waals surface area contributed by atoms with Crippen LogP contribution in [0.25, 0.3) is 0 Å². The van der Waals surface area contributed by atoms with Crippen LogP contribution < -0.4 is 15.4 Å². The summed E-state index contributed by atoms with van der Waals surface area (Å²) in [5, 5.41) is 15.1. The molecule has 0 amide bonds. The van der Waals surface area contributed by atoms with Gasteiger partial charge in [-0.2, -0.15) is 10.1 Å². The molecule has 0 spiro atoms. The monoisotopic (exact) mass is 375 g/mol. The molecule has 0 saturated carbocycles. The highest BCUT2D eigenvalue weighted by molar-refractivity contribution is 6.42. The van der Waals surface area contributed by atoms with E-state index in [0.29, 0.717) is 28.4 Å². The molecule has 0 fully saturated rings. The van der Waals surface area contributed by atoms with Crippen LogP contribution in [0.2, 0.25) is 10.0 Å². The Bertz CT molecular complexity index is 858. The number of ether oxygens (including phenoxy) is 1. The van der Waals surface area contributed by atoms with Gasteiger partial charge in [-0.25, -0.2) is 0 Å². The van der Waals surface area contributed by atoms with Crippen LogP contribution >= 0.6 is 23.2 Å². The highest BCUT2D eigenvalue weighted by atomic mass is 35.5. The molecule has 1 aromatic heterocycles. The topological polar surface area (TPSA) is 72.0 Å². The third-order valence-corrected chi connectivity index (χ3v) is 4.10. The zero-order valence-electron chi connectivity index (χ0n) is 13.3. The molecule has 3 rings (SSSR count). The molecule has 0 unspecified atom stereocenters. The normalized spacial score (nSPS) is 10.4. The van der Waals surface area contributed by atoms with Gasteiger partial charge >= 0.3 is 0 Å². The van der Waals surface area contributed by atoms with Crippen LogP contribution in [0.4, 0.5) is 17.5 Å². The molecule has 2 aromatic carbocycles. The fourth-order valence-electron chi connectivity index (χ4n) is 2.08. The first-order valence-corrected chi connectivity index (χ1v) is 8.18. The molecule has 0 saturated heterocycles. The number of methoxy groups -OCH3 is 1. The van der Waals surface area contributed by atoms with Crippen LogP contribution in [-0.2, 0) is 6.54 Å². The Morgan fingerprint density at radius 3 is 2.56 bits per heavy atom. The fraction of sp³-hybridized carbons (Fsp3) is 0.118. The highest BCUT2D eigenvalue weighted by Crippen LogP contribution is 2.26. The minimum absolute atomic E-state index is 0.417. The molecule has 0 atom stereocenters. The van der Waals surface area contributed by atoms with Gasteiger partial charge < -0.3 is 15.4 Å². The molecule has 8 heteroatoms. The summed E-state index contributed by atoms with van der Waals surface area (Å²) in [7, 11) is 1.64. The van der Waals surface area contributed by atoms with Gasteiger partial charge in [-0.15, -0.1) is 5.10 Å². The van der Waals surface area contributed by atoms with Crippen LogP contribution in [0.5, 0.6) is 5.75 Å². The molecule has 2 N–H and O–H groups in total. The lowest BCUT2D eigenvalue weighted by molar-refractivity contribution is 0.414. The Morgan fingerprint density at radius 2 is 1.84 bits per heavy atom. The van der Waals surface area contributed by atoms with E-state index in [-0.39, 0.29) is 0 Å². The molecule has 6 nitrogen and oxygen atoms in total. The van der Waals surface area contributed by atoms with Crippen molar-refractivity contribution in [2.24, 2.45) is 0 Å². The maximum Gasteiger partial charge on any atom is 0.244 e. The van der Waals surface area contributed by atoms with Crippen molar-refractivity contribution < 1.29 is 4.74 Å². The fourth-order valence-corrected chi connectivity index (χ4v) is 2.38. The lowest BCUT2D eigenvalue weighted by Crippen LogP contribution is -2.06. The molecule has 3 aromatic rings. The molecule has 1 heterocycles. The van der Waals surface area contributed by atoms with Crippen LogP contribution in [0.3, 0.4) is 0 Å². The SMILES string of the molecule is COc1ccc(CNc2nncc(Nc3ccc(Cl)c(Cl)c3)n2)cc1. The zero-order chi connectivity index (χ0) is 17.6. The minimum atomic E-state index is 0.417. The maximum atomic E-state index is 6.01. The van der Waals surface area contributed by atoms with Crippen molar-refractivity contribution in [2.45, 2.75) is 6.54 Å². The second kappa shape index (κ2) is 8.00. The van der Waals surface area contributed by atoms with Crippen LogP contribution in [0.1, 0.15) is 5.56 Å². The smallest absolute Gasteiger partial charge is 0.244 e. The number of hydrogen-bond acceptors (Lipinski definition) is 6. The number of nitrogens with zero attached hydrogens (tertiary/aromatic N) is 3. The van der Waals surface area contributed by atoms with Gasteiger partial charge in [0.1, 0.15) is 5.75 Å². The average Bonchev–Trinajstić information content (AvgIpc) is 2.64. The summed E-state index contributed by atoms with van der Waals surface area (Å²) in [6, 6.07) is 13.0. The van der Waals surface area contributed by atoms with Crippen molar-refractivity contribution in [1.82, 2.24) is 15.2 Å². The summed E-state index contributed by atoms with van der Waals surface area (Å²) in [6.07, 6.45) is 1.53. The standard InChI is InChI=1S/C17H15Cl2N5O/c1-25-13-5-2-11(3-6-13)9-20-17-23-16(10-21-24-17)22-12-4-7-14(18)15(19)8-12/h2-8,10H,9H2,1H3,(H2,20,22,23,24). The van der Waals surface area contributed by atoms with Gasteiger partial charge in [-0.3, -0.25) is 0 Å². The first kappa shape index (κ1) is 17.3. The van der Waals surface area contributed by atoms with Gasteiger partial charge in [0, 0.05) is 12.2 Å². The van der Waals surface area contributed by atoms with E-state index in [1.807, 2.05) is 24.3 Å². The maximum absolute atomic E-state index is 6.01. The molecule has 0 aliphatic carbocycles. The van der Waals surface area contributed by atoms with Gasteiger partial charge in [0.15, 0.2) is 5.82 Å². The van der Waals surface area contributed by atoms with E-state index in [4.69, 9.17) is 27.9 Å². The van der Waals surface area contributed by atoms with Gasteiger partial charge in [-0.1, -0.05) is 35.3 Å². The highest BCUT2D eigenvalue weighted by Gasteiger charge is 2.04. The summed E-state index contributed by atoms with van der Waals surface area (Å²) in [5.74, 6) is 1.78. The molecule has 0 aliphatic rings. The number of rotatable bonds is 6.